The monoisotopic (exact) mass is 327 g/mol. The van der Waals surface area contributed by atoms with Crippen molar-refractivity contribution in [2.24, 2.45) is 0 Å². The van der Waals surface area contributed by atoms with Crippen molar-refractivity contribution in [3.8, 4) is 11.3 Å². The minimum Gasteiger partial charge on any atom is -0.368 e. The van der Waals surface area contributed by atoms with Gasteiger partial charge in [0.25, 0.3) is 0 Å². The van der Waals surface area contributed by atoms with Crippen LogP contribution >= 0.6 is 11.3 Å². The summed E-state index contributed by atoms with van der Waals surface area (Å²) in [6, 6.07) is 23.0. The Kier molecular flexibility index (Phi) is 2.81. The standard InChI is InChI=1S/C20H13N3S/c21-20-22-17(14-10-9-12-5-1-2-6-13(12)11-14)19-18(23-20)15-7-3-4-8-16(15)24-19/h1-11H,(H2,21,22,23). The van der Waals surface area contributed by atoms with E-state index in [1.807, 2.05) is 12.1 Å². The Bertz CT molecular complexity index is 1220. The number of nitrogen functional groups attached to an aromatic ring is 1. The molecule has 0 fully saturated rings. The predicted molar refractivity (Wildman–Crippen MR) is 102 cm³/mol. The van der Waals surface area contributed by atoms with Crippen LogP contribution in [0.2, 0.25) is 0 Å². The summed E-state index contributed by atoms with van der Waals surface area (Å²) in [5.41, 5.74) is 8.92. The van der Waals surface area contributed by atoms with E-state index in [9.17, 15) is 0 Å². The number of benzene rings is 3. The molecular formula is C20H13N3S. The van der Waals surface area contributed by atoms with Crippen LogP contribution in [0.3, 0.4) is 0 Å². The molecule has 114 valence electrons. The number of rotatable bonds is 1. The predicted octanol–water partition coefficient (Wildman–Crippen LogP) is 5.25. The van der Waals surface area contributed by atoms with E-state index in [1.54, 1.807) is 11.3 Å². The minimum absolute atomic E-state index is 0.314. The quantitative estimate of drug-likeness (QED) is 0.457. The van der Waals surface area contributed by atoms with E-state index in [4.69, 9.17) is 5.73 Å². The smallest absolute Gasteiger partial charge is 0.221 e. The summed E-state index contributed by atoms with van der Waals surface area (Å²) in [5.74, 6) is 0.314. The van der Waals surface area contributed by atoms with Gasteiger partial charge in [0, 0.05) is 15.6 Å². The molecule has 2 N–H and O–H groups in total. The van der Waals surface area contributed by atoms with Crippen molar-refractivity contribution in [2.75, 3.05) is 5.73 Å². The van der Waals surface area contributed by atoms with Crippen LogP contribution in [0.25, 0.3) is 42.3 Å². The molecule has 2 heterocycles. The fraction of sp³-hybridized carbons (Fsp3) is 0. The highest BCUT2D eigenvalue weighted by atomic mass is 32.1. The summed E-state index contributed by atoms with van der Waals surface area (Å²) < 4.78 is 2.29. The largest absolute Gasteiger partial charge is 0.368 e. The number of hydrogen-bond acceptors (Lipinski definition) is 4. The summed E-state index contributed by atoms with van der Waals surface area (Å²) in [5, 5.41) is 3.55. The fourth-order valence-electron chi connectivity index (χ4n) is 3.14. The Balaban J connectivity index is 1.87. The third-order valence-corrected chi connectivity index (χ3v) is 5.43. The Morgan fingerprint density at radius 1 is 0.792 bits per heavy atom. The lowest BCUT2D eigenvalue weighted by Gasteiger charge is -2.05. The maximum atomic E-state index is 6.01. The fourth-order valence-corrected chi connectivity index (χ4v) is 4.29. The van der Waals surface area contributed by atoms with E-state index in [-0.39, 0.29) is 0 Å². The summed E-state index contributed by atoms with van der Waals surface area (Å²) in [6.07, 6.45) is 0. The lowest BCUT2D eigenvalue weighted by atomic mass is 10.0. The van der Waals surface area contributed by atoms with Crippen molar-refractivity contribution >= 4 is 48.4 Å². The molecule has 0 saturated heterocycles. The molecule has 3 aromatic carbocycles. The molecule has 4 heteroatoms. The highest BCUT2D eigenvalue weighted by molar-refractivity contribution is 7.26. The third-order valence-electron chi connectivity index (χ3n) is 4.26. The summed E-state index contributed by atoms with van der Waals surface area (Å²) >= 11 is 1.72. The van der Waals surface area contributed by atoms with Gasteiger partial charge in [-0.1, -0.05) is 54.6 Å². The summed E-state index contributed by atoms with van der Waals surface area (Å²) in [6.45, 7) is 0. The number of nitrogens with zero attached hydrogens (tertiary/aromatic N) is 2. The van der Waals surface area contributed by atoms with Gasteiger partial charge in [0.1, 0.15) is 0 Å². The first-order chi connectivity index (χ1) is 11.8. The molecule has 0 bridgehead atoms. The number of nitrogens with two attached hydrogens (primary N) is 1. The molecule has 0 aliphatic rings. The Morgan fingerprint density at radius 3 is 2.50 bits per heavy atom. The van der Waals surface area contributed by atoms with Gasteiger partial charge in [0.2, 0.25) is 5.95 Å². The number of thiophene rings is 1. The Morgan fingerprint density at radius 2 is 1.58 bits per heavy atom. The molecule has 0 amide bonds. The van der Waals surface area contributed by atoms with E-state index in [0.717, 1.165) is 26.9 Å². The van der Waals surface area contributed by atoms with Crippen LogP contribution in [0.4, 0.5) is 5.95 Å². The first kappa shape index (κ1) is 13.5. The summed E-state index contributed by atoms with van der Waals surface area (Å²) in [7, 11) is 0. The zero-order chi connectivity index (χ0) is 16.1. The molecule has 5 aromatic rings. The molecule has 5 rings (SSSR count). The third kappa shape index (κ3) is 1.97. The van der Waals surface area contributed by atoms with Crippen LogP contribution in [0.15, 0.2) is 66.7 Å². The molecule has 3 nitrogen and oxygen atoms in total. The van der Waals surface area contributed by atoms with Gasteiger partial charge in [0.15, 0.2) is 0 Å². The second kappa shape index (κ2) is 5.01. The molecule has 0 radical (unpaired) electrons. The van der Waals surface area contributed by atoms with Crippen LogP contribution in [-0.4, -0.2) is 9.97 Å². The first-order valence-corrected chi connectivity index (χ1v) is 8.55. The maximum absolute atomic E-state index is 6.01. The normalized spacial score (nSPS) is 11.5. The van der Waals surface area contributed by atoms with Crippen LogP contribution in [0.5, 0.6) is 0 Å². The lowest BCUT2D eigenvalue weighted by Crippen LogP contribution is -1.96. The molecule has 0 spiro atoms. The number of aromatic nitrogens is 2. The number of fused-ring (bicyclic) bond motifs is 4. The van der Waals surface area contributed by atoms with Crippen molar-refractivity contribution in [1.82, 2.24) is 9.97 Å². The molecular weight excluding hydrogens is 314 g/mol. The first-order valence-electron chi connectivity index (χ1n) is 7.73. The molecule has 0 unspecified atom stereocenters. The van der Waals surface area contributed by atoms with E-state index in [1.165, 1.54) is 15.5 Å². The Labute approximate surface area is 142 Å². The average Bonchev–Trinajstić information content (AvgIpc) is 2.99. The number of hydrogen-bond donors (Lipinski definition) is 1. The average molecular weight is 327 g/mol. The molecule has 0 aliphatic carbocycles. The van der Waals surface area contributed by atoms with Gasteiger partial charge in [-0.15, -0.1) is 11.3 Å². The van der Waals surface area contributed by atoms with Gasteiger partial charge in [-0.25, -0.2) is 9.97 Å². The second-order valence-electron chi connectivity index (χ2n) is 5.77. The van der Waals surface area contributed by atoms with Crippen molar-refractivity contribution in [2.45, 2.75) is 0 Å². The highest BCUT2D eigenvalue weighted by Crippen LogP contribution is 2.38. The van der Waals surface area contributed by atoms with Gasteiger partial charge in [-0.3, -0.25) is 0 Å². The van der Waals surface area contributed by atoms with Crippen LogP contribution < -0.4 is 5.73 Å². The van der Waals surface area contributed by atoms with E-state index >= 15 is 0 Å². The van der Waals surface area contributed by atoms with Crippen molar-refractivity contribution in [1.29, 1.82) is 0 Å². The van der Waals surface area contributed by atoms with Gasteiger partial charge < -0.3 is 5.73 Å². The van der Waals surface area contributed by atoms with Gasteiger partial charge in [-0.2, -0.15) is 0 Å². The van der Waals surface area contributed by atoms with Crippen LogP contribution in [0.1, 0.15) is 0 Å². The molecule has 24 heavy (non-hydrogen) atoms. The minimum atomic E-state index is 0.314. The highest BCUT2D eigenvalue weighted by Gasteiger charge is 2.14. The van der Waals surface area contributed by atoms with Crippen molar-refractivity contribution in [3.63, 3.8) is 0 Å². The second-order valence-corrected chi connectivity index (χ2v) is 6.82. The zero-order valence-electron chi connectivity index (χ0n) is 12.7. The molecule has 0 atom stereocenters. The van der Waals surface area contributed by atoms with Gasteiger partial charge >= 0.3 is 0 Å². The zero-order valence-corrected chi connectivity index (χ0v) is 13.5. The van der Waals surface area contributed by atoms with Crippen LogP contribution in [0, 0.1) is 0 Å². The van der Waals surface area contributed by atoms with E-state index < -0.39 is 0 Å². The van der Waals surface area contributed by atoms with E-state index in [0.29, 0.717) is 5.95 Å². The topological polar surface area (TPSA) is 51.8 Å². The van der Waals surface area contributed by atoms with Crippen LogP contribution in [-0.2, 0) is 0 Å². The molecule has 0 saturated carbocycles. The lowest BCUT2D eigenvalue weighted by molar-refractivity contribution is 1.25. The summed E-state index contributed by atoms with van der Waals surface area (Å²) in [4.78, 5) is 9.04. The molecule has 0 aliphatic heterocycles. The van der Waals surface area contributed by atoms with E-state index in [2.05, 4.69) is 64.6 Å². The SMILES string of the molecule is Nc1nc(-c2ccc3ccccc3c2)c2sc3ccccc3c2n1. The Hall–Kier alpha value is -2.98. The van der Waals surface area contributed by atoms with Gasteiger partial charge in [0.05, 0.1) is 15.9 Å². The van der Waals surface area contributed by atoms with Crippen molar-refractivity contribution < 1.29 is 0 Å². The maximum Gasteiger partial charge on any atom is 0.221 e. The molecule has 2 aromatic heterocycles. The van der Waals surface area contributed by atoms with Gasteiger partial charge in [-0.05, 0) is 22.9 Å². The number of anilines is 1. The van der Waals surface area contributed by atoms with Crippen molar-refractivity contribution in [3.05, 3.63) is 66.7 Å².